The fourth-order valence-corrected chi connectivity index (χ4v) is 1.99. The van der Waals surface area contributed by atoms with Crippen LogP contribution in [0.15, 0.2) is 28.7 Å². The number of ether oxygens (including phenoxy) is 1. The summed E-state index contributed by atoms with van der Waals surface area (Å²) < 4.78 is 5.78. The van der Waals surface area contributed by atoms with Crippen molar-refractivity contribution >= 4 is 21.9 Å². The maximum absolute atomic E-state index is 11.8. The number of likely N-dealkylation sites (N-methyl/N-ethyl adjacent to an activating group) is 1. The van der Waals surface area contributed by atoms with E-state index in [0.717, 1.165) is 23.1 Å². The summed E-state index contributed by atoms with van der Waals surface area (Å²) in [5.41, 5.74) is 0.898. The van der Waals surface area contributed by atoms with E-state index in [2.05, 4.69) is 26.1 Å². The molecule has 4 nitrogen and oxygen atoms in total. The third-order valence-corrected chi connectivity index (χ3v) is 3.02. The van der Waals surface area contributed by atoms with Gasteiger partial charge in [0.2, 0.25) is 0 Å². The van der Waals surface area contributed by atoms with E-state index in [-0.39, 0.29) is 5.97 Å². The minimum atomic E-state index is -0.424. The molecule has 0 heterocycles. The number of carbonyl (C=O) groups excluding carboxylic acids is 1. The van der Waals surface area contributed by atoms with Crippen LogP contribution in [0.4, 0.5) is 0 Å². The average molecular weight is 315 g/mol. The largest absolute Gasteiger partial charge is 0.468 e. The van der Waals surface area contributed by atoms with E-state index < -0.39 is 6.04 Å². The summed E-state index contributed by atoms with van der Waals surface area (Å²) in [6.45, 7) is 1.58. The Labute approximate surface area is 116 Å². The molecule has 0 bridgehead atoms. The summed E-state index contributed by atoms with van der Waals surface area (Å²) in [7, 11) is 5.39. The van der Waals surface area contributed by atoms with E-state index in [1.165, 1.54) is 7.11 Å². The van der Waals surface area contributed by atoms with E-state index in [4.69, 9.17) is 4.74 Å². The minimum Gasteiger partial charge on any atom is -0.468 e. The van der Waals surface area contributed by atoms with Gasteiger partial charge in [-0.3, -0.25) is 5.32 Å². The second-order valence-electron chi connectivity index (χ2n) is 4.27. The molecular weight excluding hydrogens is 296 g/mol. The van der Waals surface area contributed by atoms with Gasteiger partial charge in [-0.2, -0.15) is 0 Å². The predicted octanol–water partition coefficient (Wildman–Crippen LogP) is 1.81. The predicted molar refractivity (Wildman–Crippen MR) is 75.5 cm³/mol. The first-order chi connectivity index (χ1) is 8.54. The van der Waals surface area contributed by atoms with Gasteiger partial charge in [-0.05, 0) is 31.8 Å². The SMILES string of the molecule is COC(=O)C(NCCN(C)C)c1cccc(Br)c1. The Morgan fingerprint density at radius 1 is 1.50 bits per heavy atom. The molecule has 0 aromatic heterocycles. The molecule has 0 aliphatic rings. The zero-order valence-corrected chi connectivity index (χ0v) is 12.5. The lowest BCUT2D eigenvalue weighted by Crippen LogP contribution is -2.34. The van der Waals surface area contributed by atoms with Gasteiger partial charge in [0, 0.05) is 17.6 Å². The molecule has 1 atom stereocenters. The normalized spacial score (nSPS) is 12.5. The van der Waals surface area contributed by atoms with E-state index in [1.54, 1.807) is 0 Å². The molecule has 0 aliphatic carbocycles. The maximum atomic E-state index is 11.8. The van der Waals surface area contributed by atoms with Crippen molar-refractivity contribution in [1.82, 2.24) is 10.2 Å². The number of hydrogen-bond donors (Lipinski definition) is 1. The molecule has 0 radical (unpaired) electrons. The third kappa shape index (κ3) is 4.76. The number of halogens is 1. The third-order valence-electron chi connectivity index (χ3n) is 2.53. The fourth-order valence-electron chi connectivity index (χ4n) is 1.57. The molecule has 0 amide bonds. The molecule has 1 aromatic rings. The fraction of sp³-hybridized carbons (Fsp3) is 0.462. The first kappa shape index (κ1) is 15.1. The molecular formula is C13H19BrN2O2. The molecule has 100 valence electrons. The summed E-state index contributed by atoms with van der Waals surface area (Å²) in [5.74, 6) is -0.271. The van der Waals surface area contributed by atoms with Crippen LogP contribution in [0.1, 0.15) is 11.6 Å². The van der Waals surface area contributed by atoms with Crippen LogP contribution in [0.2, 0.25) is 0 Å². The van der Waals surface area contributed by atoms with Crippen molar-refractivity contribution in [3.05, 3.63) is 34.3 Å². The Kier molecular flexibility index (Phi) is 6.32. The van der Waals surface area contributed by atoms with Crippen LogP contribution in [0.25, 0.3) is 0 Å². The van der Waals surface area contributed by atoms with Gasteiger partial charge in [0.15, 0.2) is 0 Å². The zero-order chi connectivity index (χ0) is 13.5. The van der Waals surface area contributed by atoms with Crippen molar-refractivity contribution in [2.75, 3.05) is 34.3 Å². The minimum absolute atomic E-state index is 0.271. The number of hydrogen-bond acceptors (Lipinski definition) is 4. The first-order valence-corrected chi connectivity index (χ1v) is 6.55. The van der Waals surface area contributed by atoms with Gasteiger partial charge in [0.05, 0.1) is 7.11 Å². The van der Waals surface area contributed by atoms with Gasteiger partial charge >= 0.3 is 5.97 Å². The number of nitrogens with zero attached hydrogens (tertiary/aromatic N) is 1. The summed E-state index contributed by atoms with van der Waals surface area (Å²) in [6, 6.07) is 7.24. The van der Waals surface area contributed by atoms with Crippen LogP contribution in [-0.2, 0) is 9.53 Å². The van der Waals surface area contributed by atoms with Crippen LogP contribution >= 0.6 is 15.9 Å². The number of esters is 1. The highest BCUT2D eigenvalue weighted by Crippen LogP contribution is 2.19. The van der Waals surface area contributed by atoms with Crippen molar-refractivity contribution in [2.24, 2.45) is 0 Å². The number of nitrogens with one attached hydrogen (secondary N) is 1. The highest BCUT2D eigenvalue weighted by atomic mass is 79.9. The van der Waals surface area contributed by atoms with Crippen LogP contribution in [0.5, 0.6) is 0 Å². The van der Waals surface area contributed by atoms with E-state index >= 15 is 0 Å². The second kappa shape index (κ2) is 7.51. The molecule has 1 aromatic carbocycles. The van der Waals surface area contributed by atoms with Gasteiger partial charge in [-0.15, -0.1) is 0 Å². The molecule has 1 unspecified atom stereocenters. The van der Waals surface area contributed by atoms with Crippen molar-refractivity contribution in [1.29, 1.82) is 0 Å². The van der Waals surface area contributed by atoms with E-state index in [9.17, 15) is 4.79 Å². The van der Waals surface area contributed by atoms with Crippen molar-refractivity contribution in [3.8, 4) is 0 Å². The quantitative estimate of drug-likeness (QED) is 0.813. The van der Waals surface area contributed by atoms with Crippen LogP contribution in [0, 0.1) is 0 Å². The maximum Gasteiger partial charge on any atom is 0.327 e. The van der Waals surface area contributed by atoms with Gasteiger partial charge in [-0.25, -0.2) is 4.79 Å². The lowest BCUT2D eigenvalue weighted by molar-refractivity contribution is -0.143. The van der Waals surface area contributed by atoms with Crippen molar-refractivity contribution in [2.45, 2.75) is 6.04 Å². The lowest BCUT2D eigenvalue weighted by Gasteiger charge is -2.18. The average Bonchev–Trinajstić information content (AvgIpc) is 2.33. The molecule has 18 heavy (non-hydrogen) atoms. The second-order valence-corrected chi connectivity index (χ2v) is 5.18. The Bertz CT molecular complexity index is 396. The topological polar surface area (TPSA) is 41.6 Å². The Morgan fingerprint density at radius 3 is 2.78 bits per heavy atom. The monoisotopic (exact) mass is 314 g/mol. The lowest BCUT2D eigenvalue weighted by atomic mass is 10.1. The molecule has 1 rings (SSSR count). The zero-order valence-electron chi connectivity index (χ0n) is 10.9. The van der Waals surface area contributed by atoms with Crippen molar-refractivity contribution in [3.63, 3.8) is 0 Å². The first-order valence-electron chi connectivity index (χ1n) is 5.76. The van der Waals surface area contributed by atoms with Crippen LogP contribution < -0.4 is 5.32 Å². The van der Waals surface area contributed by atoms with E-state index in [1.807, 2.05) is 38.4 Å². The number of methoxy groups -OCH3 is 1. The highest BCUT2D eigenvalue weighted by molar-refractivity contribution is 9.10. The molecule has 0 saturated heterocycles. The van der Waals surface area contributed by atoms with Gasteiger partial charge in [0.25, 0.3) is 0 Å². The molecule has 0 spiro atoms. The van der Waals surface area contributed by atoms with Crippen LogP contribution in [0.3, 0.4) is 0 Å². The van der Waals surface area contributed by atoms with Crippen LogP contribution in [-0.4, -0.2) is 45.2 Å². The molecule has 0 aliphatic heterocycles. The number of benzene rings is 1. The van der Waals surface area contributed by atoms with Crippen molar-refractivity contribution < 1.29 is 9.53 Å². The van der Waals surface area contributed by atoms with Gasteiger partial charge in [-0.1, -0.05) is 28.1 Å². The summed E-state index contributed by atoms with van der Waals surface area (Å²) in [4.78, 5) is 13.8. The van der Waals surface area contributed by atoms with Gasteiger partial charge in [0.1, 0.15) is 6.04 Å². The molecule has 5 heteroatoms. The Balaban J connectivity index is 2.75. The van der Waals surface area contributed by atoms with Gasteiger partial charge < -0.3 is 9.64 Å². The number of carbonyl (C=O) groups is 1. The highest BCUT2D eigenvalue weighted by Gasteiger charge is 2.20. The molecule has 1 N–H and O–H groups in total. The summed E-state index contributed by atoms with van der Waals surface area (Å²) in [5, 5.41) is 3.21. The Hall–Kier alpha value is -0.910. The molecule has 0 saturated carbocycles. The van der Waals surface area contributed by atoms with E-state index in [0.29, 0.717) is 0 Å². The smallest absolute Gasteiger partial charge is 0.327 e. The molecule has 0 fully saturated rings. The standard InChI is InChI=1S/C13H19BrN2O2/c1-16(2)8-7-15-12(13(17)18-3)10-5-4-6-11(14)9-10/h4-6,9,12,15H,7-8H2,1-3H3. The Morgan fingerprint density at radius 2 is 2.22 bits per heavy atom. The summed E-state index contributed by atoms with van der Waals surface area (Å²) >= 11 is 3.40. The summed E-state index contributed by atoms with van der Waals surface area (Å²) in [6.07, 6.45) is 0. The number of rotatable bonds is 6.